The van der Waals surface area contributed by atoms with Crippen molar-refractivity contribution in [3.8, 4) is 0 Å². The van der Waals surface area contributed by atoms with Crippen LogP contribution in [0.25, 0.3) is 0 Å². The van der Waals surface area contributed by atoms with E-state index < -0.39 is 0 Å². The molecule has 2 rings (SSSR count). The van der Waals surface area contributed by atoms with Gasteiger partial charge >= 0.3 is 0 Å². The Labute approximate surface area is 121 Å². The molecule has 3 heteroatoms. The van der Waals surface area contributed by atoms with E-state index in [-0.39, 0.29) is 0 Å². The molecule has 1 saturated carbocycles. The molecule has 0 aromatic heterocycles. The quantitative estimate of drug-likeness (QED) is 0.692. The number of benzene rings is 1. The maximum Gasteiger partial charge on any atom is 0.0629 e. The van der Waals surface area contributed by atoms with Crippen LogP contribution in [0.4, 0.5) is 5.69 Å². The minimum atomic E-state index is 0.844. The van der Waals surface area contributed by atoms with Gasteiger partial charge in [0.1, 0.15) is 0 Å². The van der Waals surface area contributed by atoms with Crippen molar-refractivity contribution in [2.75, 3.05) is 11.9 Å². The Morgan fingerprint density at radius 3 is 2.18 bits per heavy atom. The average Bonchev–Trinajstić information content (AvgIpc) is 2.57. The van der Waals surface area contributed by atoms with Gasteiger partial charge in [0.05, 0.1) is 5.69 Å². The Hall–Kier alpha value is -0.0200. The van der Waals surface area contributed by atoms with Crippen LogP contribution in [0, 0.1) is 5.92 Å². The number of nitrogens with one attached hydrogen (secondary N) is 1. The first-order valence-electron chi connectivity index (χ1n) is 6.45. The summed E-state index contributed by atoms with van der Waals surface area (Å²) in [7, 11) is 0. The van der Waals surface area contributed by atoms with Crippen LogP contribution in [0.1, 0.15) is 38.5 Å². The lowest BCUT2D eigenvalue weighted by atomic mass is 10.0. The van der Waals surface area contributed by atoms with Crippen LogP contribution in [0.2, 0.25) is 0 Å². The van der Waals surface area contributed by atoms with Crippen LogP contribution >= 0.6 is 31.9 Å². The molecule has 1 aromatic rings. The summed E-state index contributed by atoms with van der Waals surface area (Å²) in [5.74, 6) is 0.844. The van der Waals surface area contributed by atoms with E-state index in [1.54, 1.807) is 0 Å². The highest BCUT2D eigenvalue weighted by Gasteiger charge is 2.13. The Balaban J connectivity index is 1.92. The zero-order valence-electron chi connectivity index (χ0n) is 10.0. The molecule has 0 saturated heterocycles. The lowest BCUT2D eigenvalue weighted by Crippen LogP contribution is -2.14. The van der Waals surface area contributed by atoms with Gasteiger partial charge in [-0.3, -0.25) is 0 Å². The normalized spacial score (nSPS) is 17.8. The lowest BCUT2D eigenvalue weighted by molar-refractivity contribution is 0.483. The summed E-state index contributed by atoms with van der Waals surface area (Å²) >= 11 is 7.19. The maximum atomic E-state index is 3.60. The highest BCUT2D eigenvalue weighted by molar-refractivity contribution is 9.11. The van der Waals surface area contributed by atoms with Crippen molar-refractivity contribution in [1.82, 2.24) is 0 Å². The number of hydrogen-bond donors (Lipinski definition) is 1. The van der Waals surface area contributed by atoms with E-state index in [0.29, 0.717) is 0 Å². The predicted octanol–water partition coefficient (Wildman–Crippen LogP) is 5.59. The second-order valence-electron chi connectivity index (χ2n) is 4.84. The van der Waals surface area contributed by atoms with Gasteiger partial charge in [-0.05, 0) is 62.8 Å². The molecule has 0 bridgehead atoms. The molecule has 1 fully saturated rings. The van der Waals surface area contributed by atoms with Gasteiger partial charge in [0, 0.05) is 15.5 Å². The molecular formula is C14H19Br2N. The van der Waals surface area contributed by atoms with Gasteiger partial charge in [0.15, 0.2) is 0 Å². The molecule has 1 N–H and O–H groups in total. The second-order valence-corrected chi connectivity index (χ2v) is 6.54. The third kappa shape index (κ3) is 3.99. The highest BCUT2D eigenvalue weighted by atomic mass is 79.9. The monoisotopic (exact) mass is 359 g/mol. The van der Waals surface area contributed by atoms with Crippen molar-refractivity contribution >= 4 is 37.5 Å². The molecule has 17 heavy (non-hydrogen) atoms. The Morgan fingerprint density at radius 1 is 1.00 bits per heavy atom. The smallest absolute Gasteiger partial charge is 0.0629 e. The van der Waals surface area contributed by atoms with Gasteiger partial charge in [-0.1, -0.05) is 31.7 Å². The standard InChI is InChI=1S/C14H19Br2N/c15-12-8-5-9-13(16)14(12)17-10-11-6-3-1-2-4-7-11/h5,8-9,11,17H,1-4,6-7,10H2. The first kappa shape index (κ1) is 13.4. The van der Waals surface area contributed by atoms with E-state index >= 15 is 0 Å². The van der Waals surface area contributed by atoms with Crippen molar-refractivity contribution in [1.29, 1.82) is 0 Å². The third-order valence-electron chi connectivity index (χ3n) is 3.51. The minimum Gasteiger partial charge on any atom is -0.383 e. The fourth-order valence-electron chi connectivity index (χ4n) is 2.48. The summed E-state index contributed by atoms with van der Waals surface area (Å²) in [4.78, 5) is 0. The van der Waals surface area contributed by atoms with Gasteiger partial charge in [0.2, 0.25) is 0 Å². The zero-order chi connectivity index (χ0) is 12.1. The fourth-order valence-corrected chi connectivity index (χ4v) is 3.76. The molecule has 1 aliphatic carbocycles. The van der Waals surface area contributed by atoms with E-state index in [1.807, 2.05) is 6.07 Å². The SMILES string of the molecule is Brc1cccc(Br)c1NCC1CCCCCC1. The molecule has 0 aliphatic heterocycles. The zero-order valence-corrected chi connectivity index (χ0v) is 13.2. The molecule has 0 atom stereocenters. The van der Waals surface area contributed by atoms with E-state index in [4.69, 9.17) is 0 Å². The van der Waals surface area contributed by atoms with E-state index in [1.165, 1.54) is 44.2 Å². The van der Waals surface area contributed by atoms with Crippen molar-refractivity contribution in [3.05, 3.63) is 27.1 Å². The largest absolute Gasteiger partial charge is 0.383 e. The first-order valence-corrected chi connectivity index (χ1v) is 8.04. The van der Waals surface area contributed by atoms with Gasteiger partial charge in [0.25, 0.3) is 0 Å². The van der Waals surface area contributed by atoms with Gasteiger partial charge < -0.3 is 5.32 Å². The number of para-hydroxylation sites is 1. The summed E-state index contributed by atoms with van der Waals surface area (Å²) in [5.41, 5.74) is 1.19. The fraction of sp³-hybridized carbons (Fsp3) is 0.571. The second kappa shape index (κ2) is 6.79. The van der Waals surface area contributed by atoms with Crippen LogP contribution in [-0.2, 0) is 0 Å². The summed E-state index contributed by atoms with van der Waals surface area (Å²) in [6.07, 6.45) is 8.43. The van der Waals surface area contributed by atoms with E-state index in [0.717, 1.165) is 21.4 Å². The number of anilines is 1. The van der Waals surface area contributed by atoms with E-state index in [2.05, 4.69) is 49.3 Å². The summed E-state index contributed by atoms with van der Waals surface area (Å²) in [6.45, 7) is 1.10. The van der Waals surface area contributed by atoms with Gasteiger partial charge in [-0.15, -0.1) is 0 Å². The topological polar surface area (TPSA) is 12.0 Å². The molecular weight excluding hydrogens is 342 g/mol. The summed E-state index contributed by atoms with van der Waals surface area (Å²) in [5, 5.41) is 3.58. The van der Waals surface area contributed by atoms with Crippen molar-refractivity contribution in [3.63, 3.8) is 0 Å². The van der Waals surface area contributed by atoms with Crippen LogP contribution < -0.4 is 5.32 Å². The Bertz CT molecular complexity index is 337. The molecule has 94 valence electrons. The first-order chi connectivity index (χ1) is 8.27. The van der Waals surface area contributed by atoms with Crippen LogP contribution in [0.3, 0.4) is 0 Å². The summed E-state index contributed by atoms with van der Waals surface area (Å²) in [6, 6.07) is 6.21. The molecule has 0 spiro atoms. The van der Waals surface area contributed by atoms with Crippen LogP contribution in [0.5, 0.6) is 0 Å². The Kier molecular flexibility index (Phi) is 5.36. The molecule has 1 aromatic carbocycles. The molecule has 0 amide bonds. The number of rotatable bonds is 3. The molecule has 1 nitrogen and oxygen atoms in total. The van der Waals surface area contributed by atoms with Gasteiger partial charge in [-0.2, -0.15) is 0 Å². The lowest BCUT2D eigenvalue weighted by Gasteiger charge is -2.17. The highest BCUT2D eigenvalue weighted by Crippen LogP contribution is 2.31. The number of hydrogen-bond acceptors (Lipinski definition) is 1. The molecule has 1 aliphatic rings. The maximum absolute atomic E-state index is 3.60. The van der Waals surface area contributed by atoms with Crippen LogP contribution in [0.15, 0.2) is 27.1 Å². The Morgan fingerprint density at radius 2 is 1.59 bits per heavy atom. The van der Waals surface area contributed by atoms with E-state index in [9.17, 15) is 0 Å². The van der Waals surface area contributed by atoms with Crippen LogP contribution in [-0.4, -0.2) is 6.54 Å². The van der Waals surface area contributed by atoms with Gasteiger partial charge in [-0.25, -0.2) is 0 Å². The van der Waals surface area contributed by atoms with Crippen molar-refractivity contribution < 1.29 is 0 Å². The summed E-state index contributed by atoms with van der Waals surface area (Å²) < 4.78 is 2.28. The molecule has 0 heterocycles. The molecule has 0 radical (unpaired) electrons. The van der Waals surface area contributed by atoms with Crippen molar-refractivity contribution in [2.45, 2.75) is 38.5 Å². The third-order valence-corrected chi connectivity index (χ3v) is 4.83. The number of halogens is 2. The predicted molar refractivity (Wildman–Crippen MR) is 81.5 cm³/mol. The molecule has 0 unspecified atom stereocenters. The van der Waals surface area contributed by atoms with Crippen molar-refractivity contribution in [2.24, 2.45) is 5.92 Å². The average molecular weight is 361 g/mol. The minimum absolute atomic E-state index is 0.844.